The molecule has 70 valence electrons. The fourth-order valence-electron chi connectivity index (χ4n) is 0.572. The Morgan fingerprint density at radius 2 is 1.92 bits per heavy atom. The molecule has 0 saturated carbocycles. The third-order valence-corrected chi connectivity index (χ3v) is 2.50. The molecule has 1 N–H and O–H groups in total. The van der Waals surface area contributed by atoms with Crippen LogP contribution in [0.2, 0.25) is 25.7 Å². The lowest BCUT2D eigenvalue weighted by atomic mass is 10.3. The molecule has 0 amide bonds. The smallest absolute Gasteiger partial charge is 0.116 e. The molecule has 0 aromatic rings. The van der Waals surface area contributed by atoms with E-state index in [4.69, 9.17) is 5.11 Å². The average Bonchev–Trinajstić information content (AvgIpc) is 1.96. The summed E-state index contributed by atoms with van der Waals surface area (Å²) in [6.45, 7) is 6.00. The second-order valence-corrected chi connectivity index (χ2v) is 9.58. The van der Waals surface area contributed by atoms with Gasteiger partial charge in [0.25, 0.3) is 0 Å². The molecule has 0 radical (unpaired) electrons. The average molecular weight is 188 g/mol. The fourth-order valence-corrected chi connectivity index (χ4v) is 1.23. The van der Waals surface area contributed by atoms with Crippen LogP contribution < -0.4 is 0 Å². The molecule has 3 heteroatoms. The van der Waals surface area contributed by atoms with Crippen LogP contribution in [0.25, 0.3) is 0 Å². The molecular formula is C9H17FOSi. The van der Waals surface area contributed by atoms with Gasteiger partial charge in [0.2, 0.25) is 0 Å². The van der Waals surface area contributed by atoms with Crippen LogP contribution in [-0.4, -0.2) is 26.0 Å². The minimum atomic E-state index is -1.09. The van der Waals surface area contributed by atoms with E-state index in [2.05, 4.69) is 31.5 Å². The highest BCUT2D eigenvalue weighted by molar-refractivity contribution is 6.76. The van der Waals surface area contributed by atoms with Gasteiger partial charge in [-0.15, -0.1) is 11.8 Å². The minimum Gasteiger partial charge on any atom is -0.389 e. The summed E-state index contributed by atoms with van der Waals surface area (Å²) in [6, 6.07) is 0.923. The van der Waals surface area contributed by atoms with Crippen molar-refractivity contribution in [3.8, 4) is 11.8 Å². The van der Waals surface area contributed by atoms with E-state index in [9.17, 15) is 4.39 Å². The zero-order valence-corrected chi connectivity index (χ0v) is 9.02. The van der Waals surface area contributed by atoms with Crippen molar-refractivity contribution in [2.24, 2.45) is 0 Å². The van der Waals surface area contributed by atoms with Gasteiger partial charge in [0.15, 0.2) is 0 Å². The van der Waals surface area contributed by atoms with E-state index in [0.29, 0.717) is 0 Å². The van der Waals surface area contributed by atoms with E-state index in [1.165, 1.54) is 0 Å². The van der Waals surface area contributed by atoms with Crippen molar-refractivity contribution >= 4 is 8.07 Å². The minimum absolute atomic E-state index is 0.265. The standard InChI is InChI=1S/C9H17FOSi/c1-12(2,3)7-5-4-6-9(11)8-10/h9,11H,6-8H2,1-3H3. The molecule has 1 nitrogen and oxygen atoms in total. The van der Waals surface area contributed by atoms with Gasteiger partial charge in [-0.1, -0.05) is 19.6 Å². The van der Waals surface area contributed by atoms with Gasteiger partial charge in [0.05, 0.1) is 14.2 Å². The summed E-state index contributed by atoms with van der Waals surface area (Å²) in [7, 11) is -1.09. The third kappa shape index (κ3) is 7.77. The first kappa shape index (κ1) is 11.7. The molecule has 0 saturated heterocycles. The van der Waals surface area contributed by atoms with Gasteiger partial charge in [-0.3, -0.25) is 0 Å². The maximum atomic E-state index is 11.7. The van der Waals surface area contributed by atoms with Crippen LogP contribution in [0, 0.1) is 11.8 Å². The van der Waals surface area contributed by atoms with Crippen molar-refractivity contribution < 1.29 is 9.50 Å². The molecule has 0 heterocycles. The molecular weight excluding hydrogens is 171 g/mol. The molecule has 1 unspecified atom stereocenters. The summed E-state index contributed by atoms with van der Waals surface area (Å²) in [5, 5.41) is 8.82. The first-order valence-corrected chi connectivity index (χ1v) is 7.86. The van der Waals surface area contributed by atoms with Crippen LogP contribution in [0.3, 0.4) is 0 Å². The highest BCUT2D eigenvalue weighted by Gasteiger charge is 2.09. The third-order valence-electron chi connectivity index (χ3n) is 1.26. The number of aliphatic hydroxyl groups excluding tert-OH is 1. The van der Waals surface area contributed by atoms with Crippen molar-refractivity contribution in [3.05, 3.63) is 0 Å². The van der Waals surface area contributed by atoms with Crippen LogP contribution in [-0.2, 0) is 0 Å². The Morgan fingerprint density at radius 3 is 2.33 bits per heavy atom. The van der Waals surface area contributed by atoms with E-state index in [1.54, 1.807) is 0 Å². The molecule has 1 atom stereocenters. The lowest BCUT2D eigenvalue weighted by Crippen LogP contribution is -2.17. The van der Waals surface area contributed by atoms with Gasteiger partial charge in [-0.25, -0.2) is 4.39 Å². The van der Waals surface area contributed by atoms with Crippen molar-refractivity contribution in [2.45, 2.75) is 38.2 Å². The van der Waals surface area contributed by atoms with Crippen LogP contribution in [0.4, 0.5) is 4.39 Å². The van der Waals surface area contributed by atoms with Crippen LogP contribution in [0.5, 0.6) is 0 Å². The summed E-state index contributed by atoms with van der Waals surface area (Å²) in [6.07, 6.45) is -0.625. The Bertz CT molecular complexity index is 175. The van der Waals surface area contributed by atoms with Gasteiger partial charge >= 0.3 is 0 Å². The molecule has 0 spiro atoms. The molecule has 0 aromatic carbocycles. The lowest BCUT2D eigenvalue weighted by Gasteiger charge is -2.09. The Kier molecular flexibility index (Phi) is 5.19. The van der Waals surface area contributed by atoms with Crippen LogP contribution in [0.15, 0.2) is 0 Å². The largest absolute Gasteiger partial charge is 0.389 e. The summed E-state index contributed by atoms with van der Waals surface area (Å²) in [4.78, 5) is 0. The molecule has 0 rings (SSSR count). The van der Waals surface area contributed by atoms with Crippen molar-refractivity contribution in [1.82, 2.24) is 0 Å². The number of alkyl halides is 1. The van der Waals surface area contributed by atoms with Gasteiger partial charge in [0, 0.05) is 12.5 Å². The molecule has 12 heavy (non-hydrogen) atoms. The van der Waals surface area contributed by atoms with E-state index in [-0.39, 0.29) is 6.42 Å². The zero-order chi connectivity index (χ0) is 9.61. The zero-order valence-electron chi connectivity index (χ0n) is 8.02. The Balaban J connectivity index is 3.61. The normalized spacial score (nSPS) is 13.4. The summed E-state index contributed by atoms with van der Waals surface area (Å²) < 4.78 is 11.7. The van der Waals surface area contributed by atoms with Gasteiger partial charge in [0.1, 0.15) is 6.67 Å². The molecule has 0 aliphatic rings. The Labute approximate surface area is 75.0 Å². The SMILES string of the molecule is C[Si](C)(C)CC#CCC(O)CF. The van der Waals surface area contributed by atoms with E-state index in [0.717, 1.165) is 6.04 Å². The topological polar surface area (TPSA) is 20.2 Å². The summed E-state index contributed by atoms with van der Waals surface area (Å²) >= 11 is 0. The number of aliphatic hydroxyl groups is 1. The quantitative estimate of drug-likeness (QED) is 0.531. The van der Waals surface area contributed by atoms with E-state index < -0.39 is 20.9 Å². The maximum absolute atomic E-state index is 11.7. The number of hydrogen-bond acceptors (Lipinski definition) is 1. The summed E-state index contributed by atoms with van der Waals surface area (Å²) in [5.41, 5.74) is 0. The van der Waals surface area contributed by atoms with Gasteiger partial charge in [-0.2, -0.15) is 0 Å². The van der Waals surface area contributed by atoms with Crippen molar-refractivity contribution in [2.75, 3.05) is 6.67 Å². The van der Waals surface area contributed by atoms with Gasteiger partial charge in [-0.05, 0) is 0 Å². The first-order chi connectivity index (χ1) is 5.45. The fraction of sp³-hybridized carbons (Fsp3) is 0.778. The first-order valence-electron chi connectivity index (χ1n) is 4.15. The number of rotatable bonds is 3. The summed E-state index contributed by atoms with van der Waals surface area (Å²) in [5.74, 6) is 5.76. The Hall–Kier alpha value is -0.333. The van der Waals surface area contributed by atoms with Crippen LogP contribution in [0.1, 0.15) is 6.42 Å². The molecule has 0 bridgehead atoms. The Morgan fingerprint density at radius 1 is 1.33 bits per heavy atom. The molecule has 0 aliphatic heterocycles. The highest BCUT2D eigenvalue weighted by Crippen LogP contribution is 2.05. The monoisotopic (exact) mass is 188 g/mol. The lowest BCUT2D eigenvalue weighted by molar-refractivity contribution is 0.145. The second-order valence-electron chi connectivity index (χ2n) is 4.10. The van der Waals surface area contributed by atoms with E-state index in [1.807, 2.05) is 0 Å². The molecule has 0 aromatic heterocycles. The second kappa shape index (κ2) is 5.34. The van der Waals surface area contributed by atoms with Gasteiger partial charge < -0.3 is 5.11 Å². The highest BCUT2D eigenvalue weighted by atomic mass is 28.3. The van der Waals surface area contributed by atoms with Crippen molar-refractivity contribution in [1.29, 1.82) is 0 Å². The number of halogens is 1. The maximum Gasteiger partial charge on any atom is 0.116 e. The molecule has 0 aliphatic carbocycles. The van der Waals surface area contributed by atoms with Crippen molar-refractivity contribution in [3.63, 3.8) is 0 Å². The predicted octanol–water partition coefficient (Wildman–Crippen LogP) is 2.05. The molecule has 0 fully saturated rings. The predicted molar refractivity (Wildman–Crippen MR) is 52.5 cm³/mol. The van der Waals surface area contributed by atoms with Crippen LogP contribution >= 0.6 is 0 Å². The number of hydrogen-bond donors (Lipinski definition) is 1. The van der Waals surface area contributed by atoms with E-state index >= 15 is 0 Å².